The molecule has 60 valence electrons. The van der Waals surface area contributed by atoms with Gasteiger partial charge in [0.25, 0.3) is 0 Å². The molecule has 2 atom stereocenters. The van der Waals surface area contributed by atoms with Crippen molar-refractivity contribution in [2.24, 2.45) is 17.7 Å². The molecular formula is C7H15NOS. The van der Waals surface area contributed by atoms with Crippen molar-refractivity contribution in [1.29, 1.82) is 0 Å². The van der Waals surface area contributed by atoms with E-state index in [9.17, 15) is 0 Å². The van der Waals surface area contributed by atoms with Gasteiger partial charge in [0.15, 0.2) is 0 Å². The van der Waals surface area contributed by atoms with Crippen molar-refractivity contribution in [3.8, 4) is 0 Å². The highest BCUT2D eigenvalue weighted by atomic mass is 32.2. The van der Waals surface area contributed by atoms with Crippen molar-refractivity contribution in [1.82, 2.24) is 0 Å². The Hall–Kier alpha value is 0.270. The summed E-state index contributed by atoms with van der Waals surface area (Å²) in [6.45, 7) is 2.93. The van der Waals surface area contributed by atoms with Crippen molar-refractivity contribution in [3.05, 3.63) is 0 Å². The van der Waals surface area contributed by atoms with Crippen molar-refractivity contribution < 1.29 is 4.84 Å². The molecular weight excluding hydrogens is 146 g/mol. The molecule has 0 spiro atoms. The Balaban J connectivity index is 2.18. The van der Waals surface area contributed by atoms with Gasteiger partial charge >= 0.3 is 0 Å². The topological polar surface area (TPSA) is 35.2 Å². The van der Waals surface area contributed by atoms with Crippen molar-refractivity contribution in [2.45, 2.75) is 13.3 Å². The third-order valence-electron chi connectivity index (χ3n) is 2.13. The SMILES string of the molecule is CC(CON)C1CCSC1. The lowest BCUT2D eigenvalue weighted by Gasteiger charge is -2.15. The Morgan fingerprint density at radius 3 is 3.10 bits per heavy atom. The van der Waals surface area contributed by atoms with E-state index in [1.807, 2.05) is 11.8 Å². The zero-order chi connectivity index (χ0) is 7.40. The largest absolute Gasteiger partial charge is 0.304 e. The lowest BCUT2D eigenvalue weighted by atomic mass is 9.95. The van der Waals surface area contributed by atoms with Crippen LogP contribution in [-0.2, 0) is 4.84 Å². The first-order chi connectivity index (χ1) is 4.84. The van der Waals surface area contributed by atoms with Crippen LogP contribution >= 0.6 is 11.8 Å². The van der Waals surface area contributed by atoms with Gasteiger partial charge in [-0.2, -0.15) is 11.8 Å². The molecule has 0 bridgehead atoms. The predicted molar refractivity (Wildman–Crippen MR) is 44.7 cm³/mol. The van der Waals surface area contributed by atoms with Gasteiger partial charge in [-0.3, -0.25) is 0 Å². The molecule has 2 N–H and O–H groups in total. The van der Waals surface area contributed by atoms with Crippen LogP contribution in [0.2, 0.25) is 0 Å². The first-order valence-electron chi connectivity index (χ1n) is 3.74. The number of hydrogen-bond acceptors (Lipinski definition) is 3. The van der Waals surface area contributed by atoms with Crippen LogP contribution in [0.25, 0.3) is 0 Å². The molecule has 2 unspecified atom stereocenters. The summed E-state index contributed by atoms with van der Waals surface area (Å²) in [6, 6.07) is 0. The first-order valence-corrected chi connectivity index (χ1v) is 4.89. The van der Waals surface area contributed by atoms with Crippen LogP contribution in [0.15, 0.2) is 0 Å². The lowest BCUT2D eigenvalue weighted by Crippen LogP contribution is -2.18. The zero-order valence-electron chi connectivity index (χ0n) is 6.38. The normalized spacial score (nSPS) is 28.8. The highest BCUT2D eigenvalue weighted by molar-refractivity contribution is 7.99. The van der Waals surface area contributed by atoms with Crippen molar-refractivity contribution >= 4 is 11.8 Å². The summed E-state index contributed by atoms with van der Waals surface area (Å²) < 4.78 is 0. The molecule has 3 heteroatoms. The monoisotopic (exact) mass is 161 g/mol. The van der Waals surface area contributed by atoms with Gasteiger partial charge in [0.05, 0.1) is 6.61 Å². The smallest absolute Gasteiger partial charge is 0.0707 e. The fourth-order valence-electron chi connectivity index (χ4n) is 1.29. The lowest BCUT2D eigenvalue weighted by molar-refractivity contribution is 0.0894. The van der Waals surface area contributed by atoms with Crippen LogP contribution in [0, 0.1) is 11.8 Å². The molecule has 0 aromatic rings. The van der Waals surface area contributed by atoms with Crippen molar-refractivity contribution in [2.75, 3.05) is 18.1 Å². The maximum Gasteiger partial charge on any atom is 0.0707 e. The molecule has 1 fully saturated rings. The second kappa shape index (κ2) is 4.21. The average Bonchev–Trinajstić information content (AvgIpc) is 2.38. The van der Waals surface area contributed by atoms with Gasteiger partial charge < -0.3 is 4.84 Å². The van der Waals surface area contributed by atoms with E-state index in [-0.39, 0.29) is 0 Å². The Kier molecular flexibility index (Phi) is 3.52. The molecule has 0 amide bonds. The van der Waals surface area contributed by atoms with E-state index in [1.165, 1.54) is 17.9 Å². The van der Waals surface area contributed by atoms with Gasteiger partial charge in [-0.05, 0) is 29.8 Å². The molecule has 1 saturated heterocycles. The maximum absolute atomic E-state index is 4.99. The minimum Gasteiger partial charge on any atom is -0.304 e. The fraction of sp³-hybridized carbons (Fsp3) is 1.00. The van der Waals surface area contributed by atoms with E-state index >= 15 is 0 Å². The standard InChI is InChI=1S/C7H15NOS/c1-6(4-9-8)7-2-3-10-5-7/h6-7H,2-5,8H2,1H3. The Bertz CT molecular complexity index is 93.6. The first kappa shape index (κ1) is 8.37. The summed E-state index contributed by atoms with van der Waals surface area (Å²) in [5.74, 6) is 9.09. The number of hydrogen-bond donors (Lipinski definition) is 1. The summed E-state index contributed by atoms with van der Waals surface area (Å²) >= 11 is 2.04. The van der Waals surface area contributed by atoms with Crippen LogP contribution in [0.4, 0.5) is 0 Å². The van der Waals surface area contributed by atoms with Gasteiger partial charge in [0.2, 0.25) is 0 Å². The molecule has 0 radical (unpaired) electrons. The van der Waals surface area contributed by atoms with Crippen LogP contribution in [0.5, 0.6) is 0 Å². The highest BCUT2D eigenvalue weighted by Gasteiger charge is 2.21. The average molecular weight is 161 g/mol. The van der Waals surface area contributed by atoms with E-state index in [0.717, 1.165) is 5.92 Å². The van der Waals surface area contributed by atoms with Crippen LogP contribution < -0.4 is 5.90 Å². The molecule has 0 aromatic carbocycles. The number of thioether (sulfide) groups is 1. The van der Waals surface area contributed by atoms with Gasteiger partial charge in [0.1, 0.15) is 0 Å². The second-order valence-corrected chi connectivity index (χ2v) is 4.08. The molecule has 1 aliphatic rings. The van der Waals surface area contributed by atoms with E-state index < -0.39 is 0 Å². The molecule has 1 heterocycles. The molecule has 10 heavy (non-hydrogen) atoms. The third kappa shape index (κ3) is 2.15. The molecule has 1 aliphatic heterocycles. The zero-order valence-corrected chi connectivity index (χ0v) is 7.19. The van der Waals surface area contributed by atoms with Gasteiger partial charge in [-0.1, -0.05) is 6.92 Å². The Labute approximate surface area is 66.5 Å². The van der Waals surface area contributed by atoms with Crippen LogP contribution in [-0.4, -0.2) is 18.1 Å². The van der Waals surface area contributed by atoms with E-state index in [4.69, 9.17) is 5.90 Å². The Morgan fingerprint density at radius 2 is 2.60 bits per heavy atom. The summed E-state index contributed by atoms with van der Waals surface area (Å²) in [6.07, 6.45) is 1.34. The van der Waals surface area contributed by atoms with E-state index in [1.54, 1.807) is 0 Å². The molecule has 0 aliphatic carbocycles. The maximum atomic E-state index is 4.99. The summed E-state index contributed by atoms with van der Waals surface area (Å²) in [5, 5.41) is 0. The van der Waals surface area contributed by atoms with Gasteiger partial charge in [-0.25, -0.2) is 5.90 Å². The quantitative estimate of drug-likeness (QED) is 0.633. The predicted octanol–water partition coefficient (Wildman–Crippen LogP) is 1.27. The summed E-state index contributed by atoms with van der Waals surface area (Å²) in [4.78, 5) is 4.61. The second-order valence-electron chi connectivity index (χ2n) is 2.93. The van der Waals surface area contributed by atoms with E-state index in [2.05, 4.69) is 11.8 Å². The highest BCUT2D eigenvalue weighted by Crippen LogP contribution is 2.29. The summed E-state index contributed by atoms with van der Waals surface area (Å²) in [7, 11) is 0. The fourth-order valence-corrected chi connectivity index (χ4v) is 2.72. The van der Waals surface area contributed by atoms with Gasteiger partial charge in [-0.15, -0.1) is 0 Å². The Morgan fingerprint density at radius 1 is 1.80 bits per heavy atom. The number of nitrogens with two attached hydrogens (primary N) is 1. The molecule has 1 rings (SSSR count). The third-order valence-corrected chi connectivity index (χ3v) is 3.32. The molecule has 0 saturated carbocycles. The van der Waals surface area contributed by atoms with E-state index in [0.29, 0.717) is 12.5 Å². The van der Waals surface area contributed by atoms with Crippen molar-refractivity contribution in [3.63, 3.8) is 0 Å². The molecule has 0 aromatic heterocycles. The summed E-state index contributed by atoms with van der Waals surface area (Å²) in [5.41, 5.74) is 0. The van der Waals surface area contributed by atoms with Gasteiger partial charge in [0, 0.05) is 0 Å². The minimum absolute atomic E-state index is 0.639. The van der Waals surface area contributed by atoms with Crippen LogP contribution in [0.1, 0.15) is 13.3 Å². The minimum atomic E-state index is 0.639. The molecule has 2 nitrogen and oxygen atoms in total. The van der Waals surface area contributed by atoms with Crippen LogP contribution in [0.3, 0.4) is 0 Å². The number of rotatable bonds is 3.